The molecule has 1 rings (SSSR count). The van der Waals surface area contributed by atoms with Crippen molar-refractivity contribution in [2.75, 3.05) is 6.61 Å². The lowest BCUT2D eigenvalue weighted by atomic mass is 9.89. The summed E-state index contributed by atoms with van der Waals surface area (Å²) in [5.41, 5.74) is 0. The monoisotopic (exact) mass is 460 g/mol. The summed E-state index contributed by atoms with van der Waals surface area (Å²) >= 11 is 0. The number of ketones is 1. The Hall–Kier alpha value is -0.570. The largest absolute Gasteiger partial charge is 0.394 e. The molecular weight excluding hydrogens is 412 g/mol. The van der Waals surface area contributed by atoms with Gasteiger partial charge in [0.15, 0.2) is 0 Å². The van der Waals surface area contributed by atoms with Gasteiger partial charge in [-0.05, 0) is 6.42 Å². The van der Waals surface area contributed by atoms with Crippen molar-refractivity contribution in [3.63, 3.8) is 0 Å². The van der Waals surface area contributed by atoms with Gasteiger partial charge in [0.05, 0.1) is 13.0 Å². The Morgan fingerprint density at radius 1 is 0.750 bits per heavy atom. The topological polar surface area (TPSA) is 127 Å². The Labute approximate surface area is 194 Å². The maximum Gasteiger partial charge on any atom is 0.202 e. The van der Waals surface area contributed by atoms with E-state index in [9.17, 15) is 30.3 Å². The molecule has 0 radical (unpaired) electrons. The predicted octanol–water partition coefficient (Wildman–Crippen LogP) is 3.37. The van der Waals surface area contributed by atoms with Crippen LogP contribution >= 0.6 is 0 Å². The maximum atomic E-state index is 12.2. The first-order valence-electron chi connectivity index (χ1n) is 12.9. The van der Waals surface area contributed by atoms with Gasteiger partial charge < -0.3 is 30.3 Å². The second kappa shape index (κ2) is 17.0. The molecule has 1 saturated heterocycles. The third kappa shape index (κ3) is 11.0. The van der Waals surface area contributed by atoms with Gasteiger partial charge in [0.1, 0.15) is 30.2 Å². The highest BCUT2D eigenvalue weighted by Gasteiger charge is 2.53. The molecule has 32 heavy (non-hydrogen) atoms. The molecule has 0 bridgehead atoms. The van der Waals surface area contributed by atoms with Crippen LogP contribution < -0.4 is 0 Å². The van der Waals surface area contributed by atoms with Crippen molar-refractivity contribution in [3.05, 3.63) is 0 Å². The molecule has 0 amide bonds. The Kier molecular flexibility index (Phi) is 15.6. The number of hydrogen-bond acceptors (Lipinski definition) is 7. The lowest BCUT2D eigenvalue weighted by molar-refractivity contribution is -0.347. The molecule has 0 aromatic rings. The summed E-state index contributed by atoms with van der Waals surface area (Å²) in [6.07, 6.45) is 12.1. The average Bonchev–Trinajstić information content (AvgIpc) is 2.77. The SMILES string of the molecule is CCCCCCCCCCCCCCCCCC(=O)C[C@@]1(O)O[C@H](CO)[C@@H](O)[C@H](O)[C@H]1O. The van der Waals surface area contributed by atoms with Crippen LogP contribution in [0.4, 0.5) is 0 Å². The molecule has 1 heterocycles. The summed E-state index contributed by atoms with van der Waals surface area (Å²) in [7, 11) is 0. The molecule has 5 atom stereocenters. The number of Topliss-reactive ketones (excluding diaryl/α,β-unsaturated/α-hetero) is 1. The van der Waals surface area contributed by atoms with E-state index in [4.69, 9.17) is 4.74 Å². The standard InChI is InChI=1S/C25H48O7/c1-2-3-4-5-6-7-8-9-10-11-12-13-14-15-16-17-20(27)18-25(31)24(30)23(29)22(28)21(19-26)32-25/h21-24,26,28-31H,2-19H2,1H3/t21-,22-,23+,24-,25-/m1/s1. The fraction of sp³-hybridized carbons (Fsp3) is 0.960. The predicted molar refractivity (Wildman–Crippen MR) is 124 cm³/mol. The highest BCUT2D eigenvalue weighted by Crippen LogP contribution is 2.31. The van der Waals surface area contributed by atoms with E-state index in [0.717, 1.165) is 12.8 Å². The lowest BCUT2D eigenvalue weighted by Gasteiger charge is -2.45. The Morgan fingerprint density at radius 3 is 1.62 bits per heavy atom. The summed E-state index contributed by atoms with van der Waals surface area (Å²) in [5.74, 6) is -2.57. The number of ether oxygens (including phenoxy) is 1. The molecule has 1 aliphatic heterocycles. The van der Waals surface area contributed by atoms with Gasteiger partial charge in [-0.15, -0.1) is 0 Å². The molecule has 7 heteroatoms. The fourth-order valence-corrected chi connectivity index (χ4v) is 4.43. The third-order valence-electron chi connectivity index (χ3n) is 6.56. The second-order valence-corrected chi connectivity index (χ2v) is 9.52. The van der Waals surface area contributed by atoms with Crippen molar-refractivity contribution < 1.29 is 35.1 Å². The first-order chi connectivity index (χ1) is 15.4. The van der Waals surface area contributed by atoms with Crippen LogP contribution in [0.5, 0.6) is 0 Å². The maximum absolute atomic E-state index is 12.2. The van der Waals surface area contributed by atoms with E-state index in [2.05, 4.69) is 6.92 Å². The number of hydrogen-bond donors (Lipinski definition) is 5. The van der Waals surface area contributed by atoms with Crippen molar-refractivity contribution in [2.24, 2.45) is 0 Å². The molecule has 5 N–H and O–H groups in total. The van der Waals surface area contributed by atoms with Crippen molar-refractivity contribution in [2.45, 2.75) is 146 Å². The van der Waals surface area contributed by atoms with E-state index in [0.29, 0.717) is 6.42 Å². The van der Waals surface area contributed by atoms with Gasteiger partial charge in [0.25, 0.3) is 0 Å². The lowest BCUT2D eigenvalue weighted by Crippen LogP contribution is -2.65. The van der Waals surface area contributed by atoms with E-state index < -0.39 is 43.2 Å². The summed E-state index contributed by atoms with van der Waals surface area (Å²) < 4.78 is 5.14. The summed E-state index contributed by atoms with van der Waals surface area (Å²) in [6, 6.07) is 0. The highest BCUT2D eigenvalue weighted by molar-refractivity contribution is 5.79. The van der Waals surface area contributed by atoms with Crippen LogP contribution in [0.3, 0.4) is 0 Å². The number of aliphatic hydroxyl groups excluding tert-OH is 4. The van der Waals surface area contributed by atoms with E-state index >= 15 is 0 Å². The molecule has 0 saturated carbocycles. The average molecular weight is 461 g/mol. The van der Waals surface area contributed by atoms with Gasteiger partial charge in [0, 0.05) is 6.42 Å². The van der Waals surface area contributed by atoms with Gasteiger partial charge >= 0.3 is 0 Å². The molecule has 0 aliphatic carbocycles. The summed E-state index contributed by atoms with van der Waals surface area (Å²) in [4.78, 5) is 12.2. The smallest absolute Gasteiger partial charge is 0.202 e. The van der Waals surface area contributed by atoms with Gasteiger partial charge in [-0.3, -0.25) is 4.79 Å². The molecular formula is C25H48O7. The molecule has 0 aromatic heterocycles. The summed E-state index contributed by atoms with van der Waals surface area (Å²) in [6.45, 7) is 1.61. The Bertz CT molecular complexity index is 485. The van der Waals surface area contributed by atoms with Gasteiger partial charge in [0.2, 0.25) is 5.79 Å². The number of aliphatic hydroxyl groups is 5. The zero-order valence-corrected chi connectivity index (χ0v) is 20.1. The molecule has 190 valence electrons. The van der Waals surface area contributed by atoms with E-state index in [1.54, 1.807) is 0 Å². The molecule has 7 nitrogen and oxygen atoms in total. The fourth-order valence-electron chi connectivity index (χ4n) is 4.43. The van der Waals surface area contributed by atoms with E-state index in [1.165, 1.54) is 77.0 Å². The quantitative estimate of drug-likeness (QED) is 0.187. The first kappa shape index (κ1) is 29.5. The van der Waals surface area contributed by atoms with Crippen LogP contribution in [0, 0.1) is 0 Å². The molecule has 1 fully saturated rings. The van der Waals surface area contributed by atoms with Crippen LogP contribution in [0.25, 0.3) is 0 Å². The number of rotatable bonds is 19. The van der Waals surface area contributed by atoms with Crippen molar-refractivity contribution in [1.82, 2.24) is 0 Å². The number of carbonyl (C=O) groups excluding carboxylic acids is 1. The minimum atomic E-state index is -2.29. The highest BCUT2D eigenvalue weighted by atomic mass is 16.7. The zero-order chi connectivity index (χ0) is 23.8. The molecule has 0 spiro atoms. The van der Waals surface area contributed by atoms with Crippen molar-refractivity contribution >= 4 is 5.78 Å². The number of unbranched alkanes of at least 4 members (excludes halogenated alkanes) is 14. The van der Waals surface area contributed by atoms with Crippen LogP contribution in [-0.4, -0.2) is 68.1 Å². The van der Waals surface area contributed by atoms with E-state index in [1.807, 2.05) is 0 Å². The van der Waals surface area contributed by atoms with Gasteiger partial charge in [-0.1, -0.05) is 96.8 Å². The molecule has 0 aromatic carbocycles. The van der Waals surface area contributed by atoms with Gasteiger partial charge in [-0.25, -0.2) is 0 Å². The first-order valence-corrected chi connectivity index (χ1v) is 12.9. The van der Waals surface area contributed by atoms with Crippen molar-refractivity contribution in [3.8, 4) is 0 Å². The minimum absolute atomic E-state index is 0.263. The Morgan fingerprint density at radius 2 is 1.19 bits per heavy atom. The normalized spacial score (nSPS) is 28.2. The van der Waals surface area contributed by atoms with Crippen LogP contribution in [0.1, 0.15) is 116 Å². The van der Waals surface area contributed by atoms with Crippen molar-refractivity contribution in [1.29, 1.82) is 0 Å². The third-order valence-corrected chi connectivity index (χ3v) is 6.56. The van der Waals surface area contributed by atoms with Gasteiger partial charge in [-0.2, -0.15) is 0 Å². The molecule has 0 unspecified atom stereocenters. The van der Waals surface area contributed by atoms with E-state index in [-0.39, 0.29) is 12.2 Å². The second-order valence-electron chi connectivity index (χ2n) is 9.52. The van der Waals surface area contributed by atoms with Crippen LogP contribution in [0.15, 0.2) is 0 Å². The summed E-state index contributed by atoms with van der Waals surface area (Å²) in [5, 5.41) is 49.3. The van der Waals surface area contributed by atoms with Crippen LogP contribution in [-0.2, 0) is 9.53 Å². The number of carbonyl (C=O) groups is 1. The van der Waals surface area contributed by atoms with Crippen LogP contribution in [0.2, 0.25) is 0 Å². The molecule has 1 aliphatic rings. The Balaban J connectivity index is 2.03. The zero-order valence-electron chi connectivity index (χ0n) is 20.1. The minimum Gasteiger partial charge on any atom is -0.394 e.